The van der Waals surface area contributed by atoms with Gasteiger partial charge in [-0.05, 0) is 24.1 Å². The molecule has 2 rings (SSSR count). The summed E-state index contributed by atoms with van der Waals surface area (Å²) in [5.41, 5.74) is 2.46. The normalized spacial score (nSPS) is 23.7. The summed E-state index contributed by atoms with van der Waals surface area (Å²) in [6.07, 6.45) is 2.02. The van der Waals surface area contributed by atoms with Crippen LogP contribution in [-0.4, -0.2) is 40.0 Å². The van der Waals surface area contributed by atoms with Crippen LogP contribution in [0.5, 0.6) is 0 Å². The summed E-state index contributed by atoms with van der Waals surface area (Å²) >= 11 is 2.10. The molecule has 2 heterocycles. The molecule has 1 N–H and O–H groups in total. The van der Waals surface area contributed by atoms with E-state index in [1.807, 2.05) is 6.20 Å². The van der Waals surface area contributed by atoms with Crippen LogP contribution in [0.25, 0.3) is 0 Å². The Balaban J connectivity index is 1.81. The molecule has 1 aliphatic rings. The molecule has 1 saturated heterocycles. The maximum Gasteiger partial charge on any atom is 0.0544 e. The Morgan fingerprint density at radius 1 is 1.29 bits per heavy atom. The average molecular weight is 308 g/mol. The summed E-state index contributed by atoms with van der Waals surface area (Å²) in [7, 11) is 0. The molecule has 2 atom stereocenters. The van der Waals surface area contributed by atoms with E-state index in [4.69, 9.17) is 0 Å². The standard InChI is InChI=1S/C17H29N3S/c1-13(2)7-18-8-16-5-6-17(19-9-16)12-20-10-14(3)21-15(4)11-20/h5-6,9,13-15,18H,7-8,10-12H2,1-4H3. The molecule has 0 saturated carbocycles. The fraction of sp³-hybridized carbons (Fsp3) is 0.706. The van der Waals surface area contributed by atoms with Crippen LogP contribution in [0.4, 0.5) is 0 Å². The number of hydrogen-bond acceptors (Lipinski definition) is 4. The maximum atomic E-state index is 4.63. The lowest BCUT2D eigenvalue weighted by Gasteiger charge is -2.34. The van der Waals surface area contributed by atoms with Crippen LogP contribution < -0.4 is 5.32 Å². The Labute approximate surface area is 133 Å². The molecule has 0 amide bonds. The number of thioether (sulfide) groups is 1. The number of aromatic nitrogens is 1. The van der Waals surface area contributed by atoms with Gasteiger partial charge in [-0.15, -0.1) is 0 Å². The molecule has 1 aromatic heterocycles. The van der Waals surface area contributed by atoms with Gasteiger partial charge >= 0.3 is 0 Å². The molecule has 2 unspecified atom stereocenters. The zero-order valence-electron chi connectivity index (χ0n) is 13.8. The Bertz CT molecular complexity index is 409. The average Bonchev–Trinajstić information content (AvgIpc) is 2.39. The fourth-order valence-electron chi connectivity index (χ4n) is 2.80. The largest absolute Gasteiger partial charge is 0.312 e. The molecule has 0 radical (unpaired) electrons. The van der Waals surface area contributed by atoms with E-state index in [0.717, 1.165) is 30.1 Å². The van der Waals surface area contributed by atoms with Crippen molar-refractivity contribution in [3.05, 3.63) is 29.6 Å². The second kappa shape index (κ2) is 8.16. The predicted octanol–water partition coefficient (Wildman–Crippen LogP) is 3.15. The first-order valence-corrected chi connectivity index (χ1v) is 8.99. The summed E-state index contributed by atoms with van der Waals surface area (Å²) in [4.78, 5) is 7.16. The first-order valence-electron chi connectivity index (χ1n) is 8.05. The number of hydrogen-bond donors (Lipinski definition) is 1. The van der Waals surface area contributed by atoms with Gasteiger partial charge in [0.1, 0.15) is 0 Å². The van der Waals surface area contributed by atoms with E-state index in [2.05, 4.69) is 66.8 Å². The quantitative estimate of drug-likeness (QED) is 0.874. The summed E-state index contributed by atoms with van der Waals surface area (Å²) in [5, 5.41) is 4.92. The Morgan fingerprint density at radius 3 is 2.57 bits per heavy atom. The van der Waals surface area contributed by atoms with Gasteiger partial charge in [0.25, 0.3) is 0 Å². The molecule has 1 fully saturated rings. The zero-order valence-corrected chi connectivity index (χ0v) is 14.6. The molecule has 0 aliphatic carbocycles. The molecule has 0 spiro atoms. The second-order valence-corrected chi connectivity index (χ2v) is 8.52. The zero-order chi connectivity index (χ0) is 15.2. The minimum absolute atomic E-state index is 0.693. The lowest BCUT2D eigenvalue weighted by Crippen LogP contribution is -2.39. The van der Waals surface area contributed by atoms with Crippen molar-refractivity contribution >= 4 is 11.8 Å². The van der Waals surface area contributed by atoms with Gasteiger partial charge < -0.3 is 5.32 Å². The highest BCUT2D eigenvalue weighted by atomic mass is 32.2. The van der Waals surface area contributed by atoms with Gasteiger partial charge in [-0.3, -0.25) is 9.88 Å². The van der Waals surface area contributed by atoms with E-state index in [-0.39, 0.29) is 0 Å². The van der Waals surface area contributed by atoms with E-state index in [0.29, 0.717) is 5.92 Å². The van der Waals surface area contributed by atoms with Gasteiger partial charge in [0.05, 0.1) is 5.69 Å². The van der Waals surface area contributed by atoms with Crippen LogP contribution >= 0.6 is 11.8 Å². The summed E-state index contributed by atoms with van der Waals surface area (Å²) in [6.45, 7) is 14.4. The topological polar surface area (TPSA) is 28.2 Å². The fourth-order valence-corrected chi connectivity index (χ4v) is 4.19. The highest BCUT2D eigenvalue weighted by molar-refractivity contribution is 8.00. The Kier molecular flexibility index (Phi) is 6.52. The molecular formula is C17H29N3S. The summed E-state index contributed by atoms with van der Waals surface area (Å²) in [5.74, 6) is 0.693. The van der Waals surface area contributed by atoms with Gasteiger partial charge in [0.15, 0.2) is 0 Å². The third kappa shape index (κ3) is 5.97. The third-order valence-electron chi connectivity index (χ3n) is 3.65. The van der Waals surface area contributed by atoms with Gasteiger partial charge in [0, 0.05) is 42.9 Å². The molecule has 0 bridgehead atoms. The highest BCUT2D eigenvalue weighted by Gasteiger charge is 2.22. The van der Waals surface area contributed by atoms with E-state index in [1.165, 1.54) is 24.3 Å². The van der Waals surface area contributed by atoms with Gasteiger partial charge in [-0.1, -0.05) is 33.8 Å². The first-order chi connectivity index (χ1) is 10.0. The van der Waals surface area contributed by atoms with Crippen LogP contribution in [0, 0.1) is 5.92 Å². The van der Waals surface area contributed by atoms with Gasteiger partial charge in [-0.25, -0.2) is 0 Å². The summed E-state index contributed by atoms with van der Waals surface area (Å²) < 4.78 is 0. The van der Waals surface area contributed by atoms with Crippen molar-refractivity contribution in [3.63, 3.8) is 0 Å². The van der Waals surface area contributed by atoms with Crippen molar-refractivity contribution in [2.24, 2.45) is 5.92 Å². The van der Waals surface area contributed by atoms with Crippen LogP contribution in [0.3, 0.4) is 0 Å². The molecule has 1 aliphatic heterocycles. The van der Waals surface area contributed by atoms with Crippen LogP contribution in [-0.2, 0) is 13.1 Å². The van der Waals surface area contributed by atoms with Crippen LogP contribution in [0.2, 0.25) is 0 Å². The molecule has 0 aromatic carbocycles. The van der Waals surface area contributed by atoms with Gasteiger partial charge in [-0.2, -0.15) is 11.8 Å². The predicted molar refractivity (Wildman–Crippen MR) is 92.6 cm³/mol. The van der Waals surface area contributed by atoms with Crippen molar-refractivity contribution in [3.8, 4) is 0 Å². The molecule has 21 heavy (non-hydrogen) atoms. The molecule has 1 aromatic rings. The lowest BCUT2D eigenvalue weighted by molar-refractivity contribution is 0.260. The number of pyridine rings is 1. The van der Waals surface area contributed by atoms with Crippen LogP contribution in [0.1, 0.15) is 39.0 Å². The van der Waals surface area contributed by atoms with Crippen molar-refractivity contribution in [1.29, 1.82) is 0 Å². The summed E-state index contributed by atoms with van der Waals surface area (Å²) in [6, 6.07) is 4.39. The molecule has 118 valence electrons. The van der Waals surface area contributed by atoms with E-state index >= 15 is 0 Å². The number of nitrogens with zero attached hydrogens (tertiary/aromatic N) is 2. The van der Waals surface area contributed by atoms with Crippen molar-refractivity contribution < 1.29 is 0 Å². The van der Waals surface area contributed by atoms with Crippen molar-refractivity contribution in [1.82, 2.24) is 15.2 Å². The number of nitrogens with one attached hydrogen (secondary N) is 1. The highest BCUT2D eigenvalue weighted by Crippen LogP contribution is 2.25. The molecule has 4 heteroatoms. The second-order valence-electron chi connectivity index (χ2n) is 6.63. The SMILES string of the molecule is CC(C)CNCc1ccc(CN2CC(C)SC(C)C2)nc1. The van der Waals surface area contributed by atoms with E-state index in [9.17, 15) is 0 Å². The minimum Gasteiger partial charge on any atom is -0.312 e. The van der Waals surface area contributed by atoms with E-state index < -0.39 is 0 Å². The lowest BCUT2D eigenvalue weighted by atomic mass is 10.2. The third-order valence-corrected chi connectivity index (χ3v) is 4.88. The van der Waals surface area contributed by atoms with E-state index in [1.54, 1.807) is 0 Å². The van der Waals surface area contributed by atoms with Crippen molar-refractivity contribution in [2.75, 3.05) is 19.6 Å². The molecular weight excluding hydrogens is 278 g/mol. The Hall–Kier alpha value is -0.580. The number of rotatable bonds is 6. The monoisotopic (exact) mass is 307 g/mol. The molecule has 3 nitrogen and oxygen atoms in total. The smallest absolute Gasteiger partial charge is 0.0544 e. The maximum absolute atomic E-state index is 4.63. The first kappa shape index (κ1) is 16.8. The minimum atomic E-state index is 0.693. The Morgan fingerprint density at radius 2 is 2.00 bits per heavy atom. The van der Waals surface area contributed by atoms with Gasteiger partial charge in [0.2, 0.25) is 0 Å². The van der Waals surface area contributed by atoms with Crippen LogP contribution in [0.15, 0.2) is 18.3 Å². The van der Waals surface area contributed by atoms with Crippen molar-refractivity contribution in [2.45, 2.75) is 51.3 Å².